The van der Waals surface area contributed by atoms with Crippen LogP contribution in [0.5, 0.6) is 11.8 Å². The minimum atomic E-state index is -0.928. The van der Waals surface area contributed by atoms with Gasteiger partial charge in [-0.3, -0.25) is 24.8 Å². The van der Waals surface area contributed by atoms with Crippen LogP contribution in [0.25, 0.3) is 32.9 Å². The second-order valence-electron chi connectivity index (χ2n) is 22.8. The van der Waals surface area contributed by atoms with Crippen LogP contribution < -0.4 is 19.9 Å². The number of amides is 4. The van der Waals surface area contributed by atoms with Gasteiger partial charge < -0.3 is 34.5 Å². The number of piperidine rings is 2. The summed E-state index contributed by atoms with van der Waals surface area (Å²) in [4.78, 5) is 63.2. The maximum absolute atomic E-state index is 17.2. The van der Waals surface area contributed by atoms with Crippen LogP contribution >= 0.6 is 0 Å². The van der Waals surface area contributed by atoms with Crippen LogP contribution in [-0.2, 0) is 11.2 Å². The van der Waals surface area contributed by atoms with Gasteiger partial charge in [-0.2, -0.15) is 9.97 Å². The predicted molar refractivity (Wildman–Crippen MR) is 280 cm³/mol. The summed E-state index contributed by atoms with van der Waals surface area (Å²) in [6.07, 6.45) is 13.0. The lowest BCUT2D eigenvalue weighted by Gasteiger charge is -2.47. The largest absolute Gasteiger partial charge is 0.508 e. The number of nitrogens with zero attached hydrogens (tertiary/aromatic N) is 8. The van der Waals surface area contributed by atoms with Gasteiger partial charge in [-0.25, -0.2) is 9.18 Å². The molecule has 6 aliphatic rings. The monoisotopic (exact) mass is 996 g/mol. The summed E-state index contributed by atoms with van der Waals surface area (Å²) in [5.74, 6) is 0.342. The number of anilines is 2. The SMILES string of the molecule is CCc1cccc2cc(O)cc(-c3ncc4c(N5CCC[C@@](C)(O)C5)nc(OCC5(CN6CCN(CC7CCC8(CC7)CCN(C(=O)c7ccc(C)c(N9CCC(=O)NC9=O)c7)CC8)CC6)CC5)nc4c3F)c12. The molecule has 386 valence electrons. The number of aromatic hydroxyl groups is 1. The lowest BCUT2D eigenvalue weighted by atomic mass is 9.65. The van der Waals surface area contributed by atoms with E-state index in [9.17, 15) is 24.6 Å². The Morgan fingerprint density at radius 2 is 1.67 bits per heavy atom. The molecule has 0 unspecified atom stereocenters. The molecule has 15 nitrogen and oxygen atoms in total. The standard InChI is InChI=1S/C57H70FN9O6/c1-4-39-7-5-8-40-29-42(68)31-43(47(39)40)49-48(58)50-44(32-59-49)51(66-21-6-14-55(3,72)34-66)62-53(61-50)73-36-57(17-18-57)35-64-27-25-63(26-28-64)33-38-11-15-56(16-12-38)19-23-65(24-20-56)52(70)41-10-9-37(2)45(30-41)67-22-13-46(69)60-54(67)71/h5,7-10,29-32,38,68,72H,4,6,11-28,33-36H2,1-3H3,(H,60,69,71)/t55-/m1/s1. The van der Waals surface area contributed by atoms with Gasteiger partial charge in [-0.1, -0.05) is 31.2 Å². The predicted octanol–water partition coefficient (Wildman–Crippen LogP) is 8.25. The number of likely N-dealkylation sites (tertiary alicyclic amines) is 1. The summed E-state index contributed by atoms with van der Waals surface area (Å²) in [7, 11) is 0. The van der Waals surface area contributed by atoms with Gasteiger partial charge in [-0.15, -0.1) is 0 Å². The van der Waals surface area contributed by atoms with Gasteiger partial charge in [0, 0.05) is 107 Å². The zero-order valence-electron chi connectivity index (χ0n) is 42.7. The fourth-order valence-corrected chi connectivity index (χ4v) is 12.8. The zero-order chi connectivity index (χ0) is 50.6. The van der Waals surface area contributed by atoms with Crippen molar-refractivity contribution in [2.75, 3.05) is 88.4 Å². The number of hydrogen-bond donors (Lipinski definition) is 3. The normalized spacial score (nSPS) is 22.8. The number of phenolic OH excluding ortho intramolecular Hbond substituents is 1. The van der Waals surface area contributed by atoms with Gasteiger partial charge in [0.15, 0.2) is 5.82 Å². The maximum atomic E-state index is 17.2. The van der Waals surface area contributed by atoms with Gasteiger partial charge in [0.1, 0.15) is 22.8 Å². The van der Waals surface area contributed by atoms with Crippen molar-refractivity contribution in [1.82, 2.24) is 35.0 Å². The number of nitrogens with one attached hydrogen (secondary N) is 1. The number of carbonyl (C=O) groups excluding carboxylic acids is 3. The molecule has 1 spiro atoms. The van der Waals surface area contributed by atoms with E-state index in [0.717, 1.165) is 113 Å². The number of fused-ring (bicyclic) bond motifs is 2. The smallest absolute Gasteiger partial charge is 0.328 e. The molecule has 73 heavy (non-hydrogen) atoms. The van der Waals surface area contributed by atoms with Crippen LogP contribution in [0, 0.1) is 29.5 Å². The van der Waals surface area contributed by atoms with E-state index in [2.05, 4.69) is 27.0 Å². The van der Waals surface area contributed by atoms with Crippen LogP contribution in [0.1, 0.15) is 106 Å². The number of benzene rings is 3. The van der Waals surface area contributed by atoms with Crippen molar-refractivity contribution in [1.29, 1.82) is 0 Å². The molecule has 4 saturated heterocycles. The average molecular weight is 996 g/mol. The maximum Gasteiger partial charge on any atom is 0.328 e. The second kappa shape index (κ2) is 19.7. The van der Waals surface area contributed by atoms with E-state index in [1.807, 2.05) is 60.0 Å². The number of ether oxygens (including phenoxy) is 1. The van der Waals surface area contributed by atoms with E-state index in [1.54, 1.807) is 23.2 Å². The molecule has 0 radical (unpaired) electrons. The Hall–Kier alpha value is -5.97. The van der Waals surface area contributed by atoms with Gasteiger partial charge in [0.05, 0.1) is 17.6 Å². The number of aromatic nitrogens is 3. The number of phenols is 1. The van der Waals surface area contributed by atoms with Crippen LogP contribution in [0.2, 0.25) is 0 Å². The average Bonchev–Trinajstić information content (AvgIpc) is 4.15. The highest BCUT2D eigenvalue weighted by Gasteiger charge is 2.46. The molecule has 2 aromatic heterocycles. The highest BCUT2D eigenvalue weighted by Crippen LogP contribution is 2.49. The molecule has 3 aromatic carbocycles. The number of aryl methyl sites for hydroxylation is 2. The third-order valence-corrected chi connectivity index (χ3v) is 17.4. The van der Waals surface area contributed by atoms with E-state index in [4.69, 9.17) is 14.7 Å². The number of aliphatic hydroxyl groups is 1. The zero-order valence-corrected chi connectivity index (χ0v) is 42.7. The molecule has 1 atom stereocenters. The van der Waals surface area contributed by atoms with Crippen LogP contribution in [0.15, 0.2) is 54.7 Å². The molecule has 16 heteroatoms. The molecule has 3 N–H and O–H groups in total. The van der Waals surface area contributed by atoms with Crippen molar-refractivity contribution in [2.24, 2.45) is 16.7 Å². The Balaban J connectivity index is 0.690. The summed E-state index contributed by atoms with van der Waals surface area (Å²) in [5.41, 5.74) is 3.24. The van der Waals surface area contributed by atoms with Crippen LogP contribution in [-0.4, -0.2) is 142 Å². The topological polar surface area (TPSA) is 168 Å². The van der Waals surface area contributed by atoms with Gasteiger partial charge >= 0.3 is 12.0 Å². The highest BCUT2D eigenvalue weighted by molar-refractivity contribution is 6.07. The Morgan fingerprint density at radius 3 is 2.40 bits per heavy atom. The molecule has 0 bridgehead atoms. The summed E-state index contributed by atoms with van der Waals surface area (Å²) in [6.45, 7) is 15.2. The first-order chi connectivity index (χ1) is 35.2. The summed E-state index contributed by atoms with van der Waals surface area (Å²) in [5, 5.41) is 26.4. The Bertz CT molecular complexity index is 2940. The first kappa shape index (κ1) is 49.3. The minimum absolute atomic E-state index is 0.00518. The van der Waals surface area contributed by atoms with Crippen molar-refractivity contribution in [3.63, 3.8) is 0 Å². The number of hydrogen-bond acceptors (Lipinski definition) is 12. The van der Waals surface area contributed by atoms with Gasteiger partial charge in [-0.05, 0) is 142 Å². The number of pyridine rings is 1. The Kier molecular flexibility index (Phi) is 13.3. The summed E-state index contributed by atoms with van der Waals surface area (Å²) < 4.78 is 23.7. The first-order valence-electron chi connectivity index (χ1n) is 26.8. The minimum Gasteiger partial charge on any atom is -0.508 e. The van der Waals surface area contributed by atoms with E-state index in [0.29, 0.717) is 72.0 Å². The lowest BCUT2D eigenvalue weighted by molar-refractivity contribution is -0.120. The van der Waals surface area contributed by atoms with Crippen molar-refractivity contribution in [2.45, 2.75) is 103 Å². The van der Waals surface area contributed by atoms with E-state index < -0.39 is 17.4 Å². The van der Waals surface area contributed by atoms with Crippen molar-refractivity contribution in [3.8, 4) is 23.0 Å². The quantitative estimate of drug-likeness (QED) is 0.110. The first-order valence-corrected chi connectivity index (χ1v) is 26.8. The second-order valence-corrected chi connectivity index (χ2v) is 22.8. The molecule has 6 fully saturated rings. The summed E-state index contributed by atoms with van der Waals surface area (Å²) >= 11 is 0. The number of rotatable bonds is 12. The van der Waals surface area contributed by atoms with Crippen molar-refractivity contribution < 1.29 is 33.7 Å². The number of β-amino-alcohol motifs (C(OH)–C–C–N with tert-alkyl or cyclic N) is 1. The fourth-order valence-electron chi connectivity index (χ4n) is 12.8. The number of carbonyl (C=O) groups is 3. The number of piperazine rings is 1. The van der Waals surface area contributed by atoms with E-state index >= 15 is 4.39 Å². The molecular weight excluding hydrogens is 926 g/mol. The molecule has 11 rings (SSSR count). The van der Waals surface area contributed by atoms with Crippen LogP contribution in [0.4, 0.5) is 20.7 Å². The highest BCUT2D eigenvalue weighted by atomic mass is 19.1. The molecule has 4 amide bonds. The van der Waals surface area contributed by atoms with Crippen molar-refractivity contribution >= 4 is 51.0 Å². The third kappa shape index (κ3) is 10.2. The number of urea groups is 1. The molecule has 2 saturated carbocycles. The molecule has 4 aliphatic heterocycles. The van der Waals surface area contributed by atoms with E-state index in [-0.39, 0.29) is 46.6 Å². The van der Waals surface area contributed by atoms with Gasteiger partial charge in [0.2, 0.25) is 5.91 Å². The Morgan fingerprint density at radius 1 is 0.904 bits per heavy atom. The van der Waals surface area contributed by atoms with E-state index in [1.165, 1.54) is 25.7 Å². The Labute approximate surface area is 427 Å². The van der Waals surface area contributed by atoms with Gasteiger partial charge in [0.25, 0.3) is 5.91 Å². The molecular formula is C57H70FN9O6. The lowest BCUT2D eigenvalue weighted by Crippen LogP contribution is -2.50. The van der Waals surface area contributed by atoms with Crippen LogP contribution in [0.3, 0.4) is 0 Å². The third-order valence-electron chi connectivity index (χ3n) is 17.4. The number of imide groups is 1. The molecule has 5 aromatic rings. The molecule has 2 aliphatic carbocycles. The summed E-state index contributed by atoms with van der Waals surface area (Å²) in [6, 6.07) is 14.4. The fraction of sp³-hybridized carbons (Fsp3) is 0.544. The van der Waals surface area contributed by atoms with Crippen molar-refractivity contribution in [3.05, 3.63) is 77.2 Å². The number of halogens is 1. The molecule has 6 heterocycles.